The van der Waals surface area contributed by atoms with E-state index in [9.17, 15) is 14.0 Å². The van der Waals surface area contributed by atoms with Crippen LogP contribution in [0.25, 0.3) is 0 Å². The van der Waals surface area contributed by atoms with E-state index in [1.54, 1.807) is 11.8 Å². The molecule has 2 amide bonds. The molecular formula is C14H17FN2O2. The number of hydrogen-bond acceptors (Lipinski definition) is 2. The highest BCUT2D eigenvalue weighted by Gasteiger charge is 2.24. The second-order valence-corrected chi connectivity index (χ2v) is 4.73. The average molecular weight is 264 g/mol. The lowest BCUT2D eigenvalue weighted by Gasteiger charge is -2.21. The zero-order valence-electron chi connectivity index (χ0n) is 10.9. The molecule has 1 saturated heterocycles. The van der Waals surface area contributed by atoms with Gasteiger partial charge in [0.15, 0.2) is 0 Å². The number of rotatable bonds is 3. The molecule has 1 aliphatic rings. The molecule has 1 aromatic carbocycles. The second-order valence-electron chi connectivity index (χ2n) is 4.73. The first-order chi connectivity index (χ1) is 9.08. The van der Waals surface area contributed by atoms with Crippen LogP contribution in [0.3, 0.4) is 0 Å². The van der Waals surface area contributed by atoms with Crippen LogP contribution in [-0.2, 0) is 4.79 Å². The van der Waals surface area contributed by atoms with Crippen molar-refractivity contribution >= 4 is 11.8 Å². The molecule has 0 aliphatic carbocycles. The first-order valence-corrected chi connectivity index (χ1v) is 6.43. The number of hydrogen-bond donors (Lipinski definition) is 1. The Hall–Kier alpha value is -1.91. The molecule has 0 aromatic heterocycles. The quantitative estimate of drug-likeness (QED) is 0.900. The van der Waals surface area contributed by atoms with Gasteiger partial charge in [-0.2, -0.15) is 0 Å². The summed E-state index contributed by atoms with van der Waals surface area (Å²) in [5.74, 6) is -0.814. The summed E-state index contributed by atoms with van der Waals surface area (Å²) in [6.45, 7) is 3.19. The standard InChI is InChI=1S/C14H17FN2O2/c1-10(14(19)17-8-2-3-9-17)16-13(18)11-4-6-12(15)7-5-11/h4-7,10H,2-3,8-9H2,1H3,(H,16,18). The molecule has 2 rings (SSSR count). The fourth-order valence-corrected chi connectivity index (χ4v) is 2.15. The second kappa shape index (κ2) is 5.82. The number of amides is 2. The fraction of sp³-hybridized carbons (Fsp3) is 0.429. The van der Waals surface area contributed by atoms with Gasteiger partial charge in [0, 0.05) is 18.7 Å². The summed E-state index contributed by atoms with van der Waals surface area (Å²) in [5, 5.41) is 2.64. The summed E-state index contributed by atoms with van der Waals surface area (Å²) < 4.78 is 12.8. The first-order valence-electron chi connectivity index (χ1n) is 6.43. The summed E-state index contributed by atoms with van der Waals surface area (Å²) in [7, 11) is 0. The summed E-state index contributed by atoms with van der Waals surface area (Å²) in [6, 6.07) is 4.69. The van der Waals surface area contributed by atoms with E-state index in [-0.39, 0.29) is 11.8 Å². The minimum atomic E-state index is -0.560. The predicted octanol–water partition coefficient (Wildman–Crippen LogP) is 1.57. The third kappa shape index (κ3) is 3.30. The molecule has 0 saturated carbocycles. The molecule has 1 unspecified atom stereocenters. The SMILES string of the molecule is CC(NC(=O)c1ccc(F)cc1)C(=O)N1CCCC1. The Bertz CT molecular complexity index is 467. The number of likely N-dealkylation sites (tertiary alicyclic amines) is 1. The maximum absolute atomic E-state index is 12.8. The van der Waals surface area contributed by atoms with Crippen LogP contribution >= 0.6 is 0 Å². The predicted molar refractivity (Wildman–Crippen MR) is 69.1 cm³/mol. The summed E-state index contributed by atoms with van der Waals surface area (Å²) in [6.07, 6.45) is 2.04. The van der Waals surface area contributed by atoms with Crippen LogP contribution in [-0.4, -0.2) is 35.8 Å². The molecule has 102 valence electrons. The maximum atomic E-state index is 12.8. The smallest absolute Gasteiger partial charge is 0.251 e. The highest BCUT2D eigenvalue weighted by atomic mass is 19.1. The zero-order chi connectivity index (χ0) is 13.8. The van der Waals surface area contributed by atoms with Crippen LogP contribution in [0.5, 0.6) is 0 Å². The van der Waals surface area contributed by atoms with E-state index in [0.29, 0.717) is 5.56 Å². The third-order valence-corrected chi connectivity index (χ3v) is 3.24. The van der Waals surface area contributed by atoms with Gasteiger partial charge in [-0.25, -0.2) is 4.39 Å². The first kappa shape index (κ1) is 13.5. The maximum Gasteiger partial charge on any atom is 0.251 e. The minimum Gasteiger partial charge on any atom is -0.341 e. The fourth-order valence-electron chi connectivity index (χ4n) is 2.15. The molecule has 0 bridgehead atoms. The number of nitrogens with zero attached hydrogens (tertiary/aromatic N) is 1. The van der Waals surface area contributed by atoms with Crippen LogP contribution in [0.2, 0.25) is 0 Å². The van der Waals surface area contributed by atoms with Gasteiger partial charge in [-0.3, -0.25) is 9.59 Å². The average Bonchev–Trinajstić information content (AvgIpc) is 2.92. The number of nitrogens with one attached hydrogen (secondary N) is 1. The van der Waals surface area contributed by atoms with Gasteiger partial charge < -0.3 is 10.2 Å². The van der Waals surface area contributed by atoms with Gasteiger partial charge in [-0.15, -0.1) is 0 Å². The minimum absolute atomic E-state index is 0.0621. The zero-order valence-corrected chi connectivity index (χ0v) is 10.9. The van der Waals surface area contributed by atoms with E-state index in [2.05, 4.69) is 5.32 Å². The molecular weight excluding hydrogens is 247 g/mol. The van der Waals surface area contributed by atoms with E-state index >= 15 is 0 Å². The van der Waals surface area contributed by atoms with Crippen LogP contribution in [0.1, 0.15) is 30.1 Å². The lowest BCUT2D eigenvalue weighted by molar-refractivity contribution is -0.131. The Morgan fingerprint density at radius 3 is 2.37 bits per heavy atom. The highest BCUT2D eigenvalue weighted by Crippen LogP contribution is 2.09. The van der Waals surface area contributed by atoms with E-state index in [1.807, 2.05) is 0 Å². The Morgan fingerprint density at radius 1 is 1.21 bits per heavy atom. The molecule has 0 spiro atoms. The normalized spacial score (nSPS) is 16.2. The number of carbonyl (C=O) groups is 2. The van der Waals surface area contributed by atoms with E-state index < -0.39 is 11.9 Å². The Balaban J connectivity index is 1.94. The van der Waals surface area contributed by atoms with Gasteiger partial charge in [-0.1, -0.05) is 0 Å². The van der Waals surface area contributed by atoms with Crippen molar-refractivity contribution in [1.82, 2.24) is 10.2 Å². The molecule has 4 nitrogen and oxygen atoms in total. The van der Waals surface area contributed by atoms with Crippen molar-refractivity contribution in [2.24, 2.45) is 0 Å². The van der Waals surface area contributed by atoms with Gasteiger partial charge in [-0.05, 0) is 44.0 Å². The van der Waals surface area contributed by atoms with Crippen LogP contribution in [0.15, 0.2) is 24.3 Å². The lowest BCUT2D eigenvalue weighted by Crippen LogP contribution is -2.45. The van der Waals surface area contributed by atoms with Crippen molar-refractivity contribution in [3.05, 3.63) is 35.6 Å². The summed E-state index contributed by atoms with van der Waals surface area (Å²) in [4.78, 5) is 25.7. The summed E-state index contributed by atoms with van der Waals surface area (Å²) in [5.41, 5.74) is 0.350. The third-order valence-electron chi connectivity index (χ3n) is 3.24. The van der Waals surface area contributed by atoms with Crippen molar-refractivity contribution in [3.8, 4) is 0 Å². The van der Waals surface area contributed by atoms with Crippen molar-refractivity contribution in [2.45, 2.75) is 25.8 Å². The molecule has 5 heteroatoms. The Labute approximate surface area is 111 Å². The van der Waals surface area contributed by atoms with Crippen molar-refractivity contribution in [1.29, 1.82) is 0 Å². The van der Waals surface area contributed by atoms with E-state index in [4.69, 9.17) is 0 Å². The molecule has 1 fully saturated rings. The van der Waals surface area contributed by atoms with Gasteiger partial charge >= 0.3 is 0 Å². The molecule has 1 atom stereocenters. The van der Waals surface area contributed by atoms with Crippen molar-refractivity contribution in [2.75, 3.05) is 13.1 Å². The van der Waals surface area contributed by atoms with Crippen molar-refractivity contribution < 1.29 is 14.0 Å². The lowest BCUT2D eigenvalue weighted by atomic mass is 10.2. The van der Waals surface area contributed by atoms with Gasteiger partial charge in [0.1, 0.15) is 11.9 Å². The van der Waals surface area contributed by atoms with Crippen LogP contribution < -0.4 is 5.32 Å². The van der Waals surface area contributed by atoms with E-state index in [0.717, 1.165) is 25.9 Å². The van der Waals surface area contributed by atoms with Crippen molar-refractivity contribution in [3.63, 3.8) is 0 Å². The van der Waals surface area contributed by atoms with Crippen LogP contribution in [0.4, 0.5) is 4.39 Å². The number of halogens is 1. The van der Waals surface area contributed by atoms with Gasteiger partial charge in [0.05, 0.1) is 0 Å². The van der Waals surface area contributed by atoms with Gasteiger partial charge in [0.25, 0.3) is 5.91 Å². The summed E-state index contributed by atoms with van der Waals surface area (Å²) >= 11 is 0. The molecule has 0 radical (unpaired) electrons. The Kier molecular flexibility index (Phi) is 4.14. The topological polar surface area (TPSA) is 49.4 Å². The Morgan fingerprint density at radius 2 is 1.79 bits per heavy atom. The molecule has 1 aliphatic heterocycles. The molecule has 1 N–H and O–H groups in total. The van der Waals surface area contributed by atoms with Crippen LogP contribution in [0, 0.1) is 5.82 Å². The number of benzene rings is 1. The molecule has 19 heavy (non-hydrogen) atoms. The van der Waals surface area contributed by atoms with Gasteiger partial charge in [0.2, 0.25) is 5.91 Å². The highest BCUT2D eigenvalue weighted by molar-refractivity contribution is 5.97. The molecule has 1 aromatic rings. The largest absolute Gasteiger partial charge is 0.341 e. The number of carbonyl (C=O) groups excluding carboxylic acids is 2. The molecule has 1 heterocycles. The monoisotopic (exact) mass is 264 g/mol. The van der Waals surface area contributed by atoms with E-state index in [1.165, 1.54) is 24.3 Å².